The van der Waals surface area contributed by atoms with Crippen LogP contribution in [0.2, 0.25) is 0 Å². The maximum Gasteiger partial charge on any atom is 0.334 e. The van der Waals surface area contributed by atoms with Gasteiger partial charge in [0.1, 0.15) is 0 Å². The molecule has 0 aromatic carbocycles. The zero-order chi connectivity index (χ0) is 12.4. The summed E-state index contributed by atoms with van der Waals surface area (Å²) in [7, 11) is 0. The normalized spacial score (nSPS) is 11.9. The molecule has 0 aromatic rings. The number of amides is 2. The van der Waals surface area contributed by atoms with Crippen LogP contribution < -0.4 is 10.6 Å². The van der Waals surface area contributed by atoms with Crippen LogP contribution in [0, 0.1) is 0 Å². The fourth-order valence-corrected chi connectivity index (χ4v) is 1.09. The van der Waals surface area contributed by atoms with Crippen molar-refractivity contribution in [1.29, 1.82) is 0 Å². The highest BCUT2D eigenvalue weighted by atomic mass is 16.4. The molecule has 94 valence electrons. The molecule has 16 heavy (non-hydrogen) atoms. The minimum Gasteiger partial charge on any atom is -0.479 e. The van der Waals surface area contributed by atoms with Gasteiger partial charge in [-0.25, -0.2) is 9.59 Å². The molecule has 0 aromatic heterocycles. The standard InChI is InChI=1S/C10H20N2O4/c1-2-3-4-5-6-11-10(16)12-7-8(13)9(14)15/h8,13H,2-7H2,1H3,(H,14,15)(H2,11,12,16). The minimum absolute atomic E-state index is 0.282. The maximum atomic E-state index is 11.1. The molecule has 0 saturated carbocycles. The van der Waals surface area contributed by atoms with Crippen LogP contribution in [0.3, 0.4) is 0 Å². The summed E-state index contributed by atoms with van der Waals surface area (Å²) in [5.74, 6) is -1.34. The Bertz CT molecular complexity index is 221. The molecule has 6 heteroatoms. The molecule has 0 aliphatic carbocycles. The Morgan fingerprint density at radius 2 is 1.88 bits per heavy atom. The van der Waals surface area contributed by atoms with E-state index in [0.29, 0.717) is 6.54 Å². The molecule has 6 nitrogen and oxygen atoms in total. The van der Waals surface area contributed by atoms with Crippen molar-refractivity contribution in [1.82, 2.24) is 10.6 Å². The van der Waals surface area contributed by atoms with E-state index in [0.717, 1.165) is 25.7 Å². The van der Waals surface area contributed by atoms with Gasteiger partial charge in [-0.1, -0.05) is 26.2 Å². The van der Waals surface area contributed by atoms with E-state index in [9.17, 15) is 9.59 Å². The molecule has 0 saturated heterocycles. The predicted octanol–water partition coefficient (Wildman–Crippen LogP) is 0.311. The molecular formula is C10H20N2O4. The summed E-state index contributed by atoms with van der Waals surface area (Å²) in [6.45, 7) is 2.39. The number of carbonyl (C=O) groups excluding carboxylic acids is 1. The van der Waals surface area contributed by atoms with Crippen LogP contribution >= 0.6 is 0 Å². The predicted molar refractivity (Wildman–Crippen MR) is 59.2 cm³/mol. The van der Waals surface area contributed by atoms with E-state index >= 15 is 0 Å². The number of aliphatic hydroxyl groups excluding tert-OH is 1. The lowest BCUT2D eigenvalue weighted by Gasteiger charge is -2.09. The number of carboxylic acid groups (broad SMARTS) is 1. The van der Waals surface area contributed by atoms with Gasteiger partial charge in [-0.15, -0.1) is 0 Å². The Morgan fingerprint density at radius 3 is 2.44 bits per heavy atom. The highest BCUT2D eigenvalue weighted by Crippen LogP contribution is 1.96. The van der Waals surface area contributed by atoms with Crippen LogP contribution in [0.25, 0.3) is 0 Å². The Morgan fingerprint density at radius 1 is 1.19 bits per heavy atom. The zero-order valence-electron chi connectivity index (χ0n) is 9.53. The third-order valence-corrected chi connectivity index (χ3v) is 2.06. The van der Waals surface area contributed by atoms with E-state index in [2.05, 4.69) is 17.6 Å². The molecule has 2 amide bonds. The number of carbonyl (C=O) groups is 2. The topological polar surface area (TPSA) is 98.7 Å². The van der Waals surface area contributed by atoms with E-state index in [1.807, 2.05) is 0 Å². The summed E-state index contributed by atoms with van der Waals surface area (Å²) < 4.78 is 0. The van der Waals surface area contributed by atoms with Crippen LogP contribution in [-0.2, 0) is 4.79 Å². The Hall–Kier alpha value is -1.30. The zero-order valence-corrected chi connectivity index (χ0v) is 9.53. The quantitative estimate of drug-likeness (QED) is 0.453. The van der Waals surface area contributed by atoms with Crippen molar-refractivity contribution in [3.8, 4) is 0 Å². The van der Waals surface area contributed by atoms with Gasteiger partial charge in [0.25, 0.3) is 0 Å². The van der Waals surface area contributed by atoms with E-state index in [4.69, 9.17) is 10.2 Å². The second-order valence-corrected chi connectivity index (χ2v) is 3.55. The molecule has 0 rings (SSSR count). The van der Waals surface area contributed by atoms with Crippen molar-refractivity contribution < 1.29 is 19.8 Å². The highest BCUT2D eigenvalue weighted by molar-refractivity contribution is 5.76. The smallest absolute Gasteiger partial charge is 0.334 e. The van der Waals surface area contributed by atoms with Crippen molar-refractivity contribution in [2.24, 2.45) is 0 Å². The van der Waals surface area contributed by atoms with Crippen molar-refractivity contribution in [3.05, 3.63) is 0 Å². The Kier molecular flexibility index (Phi) is 8.24. The van der Waals surface area contributed by atoms with Crippen molar-refractivity contribution >= 4 is 12.0 Å². The molecule has 0 aliphatic rings. The van der Waals surface area contributed by atoms with E-state index < -0.39 is 18.1 Å². The number of carboxylic acids is 1. The van der Waals surface area contributed by atoms with Gasteiger partial charge in [-0.2, -0.15) is 0 Å². The first kappa shape index (κ1) is 14.7. The molecule has 0 aliphatic heterocycles. The molecule has 0 spiro atoms. The number of hydrogen-bond donors (Lipinski definition) is 4. The van der Waals surface area contributed by atoms with Crippen LogP contribution in [0.1, 0.15) is 32.6 Å². The molecule has 4 N–H and O–H groups in total. The van der Waals surface area contributed by atoms with Crippen LogP contribution in [-0.4, -0.2) is 41.4 Å². The molecule has 0 radical (unpaired) electrons. The maximum absolute atomic E-state index is 11.1. The van der Waals surface area contributed by atoms with Gasteiger partial charge in [0.15, 0.2) is 6.10 Å². The average molecular weight is 232 g/mol. The Labute approximate surface area is 95.0 Å². The summed E-state index contributed by atoms with van der Waals surface area (Å²) in [5, 5.41) is 22.1. The van der Waals surface area contributed by atoms with Gasteiger partial charge in [0.05, 0.1) is 6.54 Å². The Balaban J connectivity index is 3.41. The number of aliphatic carboxylic acids is 1. The SMILES string of the molecule is CCCCCCNC(=O)NCC(O)C(=O)O. The lowest BCUT2D eigenvalue weighted by Crippen LogP contribution is -2.42. The second kappa shape index (κ2) is 8.96. The van der Waals surface area contributed by atoms with Crippen LogP contribution in [0.4, 0.5) is 4.79 Å². The minimum atomic E-state index is -1.55. The number of unbranched alkanes of at least 4 members (excludes halogenated alkanes) is 3. The fourth-order valence-electron chi connectivity index (χ4n) is 1.09. The molecule has 1 atom stereocenters. The van der Waals surface area contributed by atoms with E-state index in [1.54, 1.807) is 0 Å². The van der Waals surface area contributed by atoms with Gasteiger partial charge in [0.2, 0.25) is 0 Å². The first-order valence-corrected chi connectivity index (χ1v) is 5.50. The number of rotatable bonds is 8. The highest BCUT2D eigenvalue weighted by Gasteiger charge is 2.13. The summed E-state index contributed by atoms with van der Waals surface area (Å²) in [6, 6.07) is -0.447. The molecular weight excluding hydrogens is 212 g/mol. The number of nitrogens with one attached hydrogen (secondary N) is 2. The number of aliphatic hydroxyl groups is 1. The van der Waals surface area contributed by atoms with Gasteiger partial charge >= 0.3 is 12.0 Å². The van der Waals surface area contributed by atoms with Gasteiger partial charge < -0.3 is 20.8 Å². The number of hydrogen-bond acceptors (Lipinski definition) is 3. The third-order valence-electron chi connectivity index (χ3n) is 2.06. The summed E-state index contributed by atoms with van der Waals surface area (Å²) in [6.07, 6.45) is 2.70. The van der Waals surface area contributed by atoms with Crippen molar-refractivity contribution in [3.63, 3.8) is 0 Å². The summed E-state index contributed by atoms with van der Waals surface area (Å²) in [4.78, 5) is 21.3. The monoisotopic (exact) mass is 232 g/mol. The lowest BCUT2D eigenvalue weighted by atomic mass is 10.2. The van der Waals surface area contributed by atoms with Crippen molar-refractivity contribution in [2.75, 3.05) is 13.1 Å². The summed E-state index contributed by atoms with van der Waals surface area (Å²) in [5.41, 5.74) is 0. The van der Waals surface area contributed by atoms with E-state index in [1.165, 1.54) is 0 Å². The van der Waals surface area contributed by atoms with Gasteiger partial charge in [-0.3, -0.25) is 0 Å². The number of urea groups is 1. The molecule has 0 heterocycles. The molecule has 1 unspecified atom stereocenters. The molecule has 0 fully saturated rings. The summed E-state index contributed by atoms with van der Waals surface area (Å²) >= 11 is 0. The first-order chi connectivity index (χ1) is 7.57. The van der Waals surface area contributed by atoms with Crippen LogP contribution in [0.5, 0.6) is 0 Å². The average Bonchev–Trinajstić information content (AvgIpc) is 2.25. The van der Waals surface area contributed by atoms with E-state index in [-0.39, 0.29) is 6.54 Å². The van der Waals surface area contributed by atoms with Crippen molar-refractivity contribution in [2.45, 2.75) is 38.7 Å². The second-order valence-electron chi connectivity index (χ2n) is 3.55. The lowest BCUT2D eigenvalue weighted by molar-refractivity contribution is -0.146. The van der Waals surface area contributed by atoms with Gasteiger partial charge in [0, 0.05) is 6.54 Å². The molecule has 0 bridgehead atoms. The van der Waals surface area contributed by atoms with Crippen LogP contribution in [0.15, 0.2) is 0 Å². The largest absolute Gasteiger partial charge is 0.479 e. The fraction of sp³-hybridized carbons (Fsp3) is 0.800. The first-order valence-electron chi connectivity index (χ1n) is 5.50. The van der Waals surface area contributed by atoms with Gasteiger partial charge in [-0.05, 0) is 6.42 Å². The third kappa shape index (κ3) is 8.05.